The van der Waals surface area contributed by atoms with Crippen LogP contribution in [-0.2, 0) is 11.2 Å². The molecule has 1 aliphatic rings. The maximum atomic E-state index is 13.4. The molecule has 1 aromatic heterocycles. The number of H-pyrrole nitrogens is 1. The van der Waals surface area contributed by atoms with Gasteiger partial charge in [0.15, 0.2) is 0 Å². The van der Waals surface area contributed by atoms with Crippen LogP contribution in [-0.4, -0.2) is 58.0 Å². The number of nitrogens with zero attached hydrogens (tertiary/aromatic N) is 2. The molecule has 1 aliphatic heterocycles. The Morgan fingerprint density at radius 1 is 1.48 bits per heavy atom. The summed E-state index contributed by atoms with van der Waals surface area (Å²) in [6, 6.07) is 7.78. The minimum atomic E-state index is -0.929. The molecular formula is C16H18FN3O3. The highest BCUT2D eigenvalue weighted by Gasteiger charge is 2.38. The first-order valence-electron chi connectivity index (χ1n) is 7.40. The lowest BCUT2D eigenvalue weighted by atomic mass is 9.93. The third-order valence-corrected chi connectivity index (χ3v) is 3.97. The number of rotatable bonds is 4. The molecule has 2 heterocycles. The normalized spacial score (nSPS) is 21.4. The molecule has 2 N–H and O–H groups in total. The Hall–Kier alpha value is -2.25. The zero-order chi connectivity index (χ0) is 16.3. The van der Waals surface area contributed by atoms with E-state index in [0.29, 0.717) is 25.3 Å². The maximum absolute atomic E-state index is 13.4. The highest BCUT2D eigenvalue weighted by Crippen LogP contribution is 2.24. The fourth-order valence-electron chi connectivity index (χ4n) is 2.84. The molecule has 6 nitrogen and oxygen atoms in total. The summed E-state index contributed by atoms with van der Waals surface area (Å²) < 4.78 is 19.1. The van der Waals surface area contributed by atoms with Crippen LogP contribution in [0.15, 0.2) is 36.5 Å². The SMILES string of the molecule is O=C(c1ccn[nH]1)N1CCO[C@](CO)(Cc2cccc(F)c2)C1. The Kier molecular flexibility index (Phi) is 4.40. The first kappa shape index (κ1) is 15.6. The number of hydrogen-bond donors (Lipinski definition) is 2. The van der Waals surface area contributed by atoms with Crippen molar-refractivity contribution in [2.24, 2.45) is 0 Å². The minimum Gasteiger partial charge on any atom is -0.393 e. The number of carbonyl (C=O) groups excluding carboxylic acids is 1. The Balaban J connectivity index is 1.77. The van der Waals surface area contributed by atoms with Gasteiger partial charge >= 0.3 is 0 Å². The second kappa shape index (κ2) is 6.47. The van der Waals surface area contributed by atoms with Gasteiger partial charge < -0.3 is 14.7 Å². The molecule has 1 amide bonds. The van der Waals surface area contributed by atoms with Crippen LogP contribution in [0.3, 0.4) is 0 Å². The lowest BCUT2D eigenvalue weighted by Gasteiger charge is -2.41. The first-order valence-corrected chi connectivity index (χ1v) is 7.40. The average molecular weight is 319 g/mol. The minimum absolute atomic E-state index is 0.192. The molecular weight excluding hydrogens is 301 g/mol. The molecule has 1 atom stereocenters. The standard InChI is InChI=1S/C16H18FN3O3/c17-13-3-1-2-12(8-13)9-16(11-21)10-20(6-7-23-16)15(22)14-4-5-18-19-14/h1-5,8,21H,6-7,9-11H2,(H,18,19)/t16-/m1/s1. The fraction of sp³-hybridized carbons (Fsp3) is 0.375. The number of morpholine rings is 1. The summed E-state index contributed by atoms with van der Waals surface area (Å²) in [6.07, 6.45) is 1.84. The molecule has 1 fully saturated rings. The van der Waals surface area contributed by atoms with Crippen LogP contribution in [0, 0.1) is 5.82 Å². The van der Waals surface area contributed by atoms with Gasteiger partial charge in [-0.3, -0.25) is 9.89 Å². The van der Waals surface area contributed by atoms with E-state index in [-0.39, 0.29) is 24.9 Å². The number of nitrogens with one attached hydrogen (secondary N) is 1. The molecule has 0 radical (unpaired) electrons. The monoisotopic (exact) mass is 319 g/mol. The van der Waals surface area contributed by atoms with Crippen molar-refractivity contribution < 1.29 is 19.0 Å². The highest BCUT2D eigenvalue weighted by atomic mass is 19.1. The van der Waals surface area contributed by atoms with Crippen LogP contribution >= 0.6 is 0 Å². The summed E-state index contributed by atoms with van der Waals surface area (Å²) in [5.74, 6) is -0.528. The van der Waals surface area contributed by atoms with Gasteiger partial charge in [-0.05, 0) is 23.8 Å². The highest BCUT2D eigenvalue weighted by molar-refractivity contribution is 5.92. The molecule has 0 saturated carbocycles. The number of hydrogen-bond acceptors (Lipinski definition) is 4. The van der Waals surface area contributed by atoms with E-state index in [1.807, 2.05) is 0 Å². The first-order chi connectivity index (χ1) is 11.1. The number of ether oxygens (including phenoxy) is 1. The predicted molar refractivity (Wildman–Crippen MR) is 80.4 cm³/mol. The molecule has 2 aromatic rings. The summed E-state index contributed by atoms with van der Waals surface area (Å²) in [5, 5.41) is 16.2. The Bertz CT molecular complexity index is 677. The third-order valence-electron chi connectivity index (χ3n) is 3.97. The number of halogens is 1. The lowest BCUT2D eigenvalue weighted by molar-refractivity contribution is -0.123. The zero-order valence-corrected chi connectivity index (χ0v) is 12.5. The number of carbonyl (C=O) groups is 1. The van der Waals surface area contributed by atoms with Crippen LogP contribution in [0.2, 0.25) is 0 Å². The molecule has 0 unspecified atom stereocenters. The second-order valence-electron chi connectivity index (χ2n) is 5.69. The Labute approximate surface area is 132 Å². The maximum Gasteiger partial charge on any atom is 0.272 e. The van der Waals surface area contributed by atoms with Gasteiger partial charge in [0.05, 0.1) is 19.8 Å². The van der Waals surface area contributed by atoms with E-state index in [1.54, 1.807) is 23.1 Å². The van der Waals surface area contributed by atoms with Crippen molar-refractivity contribution in [1.29, 1.82) is 0 Å². The summed E-state index contributed by atoms with van der Waals surface area (Å²) >= 11 is 0. The summed E-state index contributed by atoms with van der Waals surface area (Å²) in [7, 11) is 0. The van der Waals surface area contributed by atoms with Crippen molar-refractivity contribution in [1.82, 2.24) is 15.1 Å². The van der Waals surface area contributed by atoms with Crippen LogP contribution in [0.4, 0.5) is 4.39 Å². The Morgan fingerprint density at radius 3 is 3.04 bits per heavy atom. The Morgan fingerprint density at radius 2 is 2.35 bits per heavy atom. The van der Waals surface area contributed by atoms with Gasteiger partial charge in [-0.2, -0.15) is 5.10 Å². The van der Waals surface area contributed by atoms with Gasteiger partial charge in [0.1, 0.15) is 17.1 Å². The van der Waals surface area contributed by atoms with Crippen molar-refractivity contribution in [3.8, 4) is 0 Å². The number of aromatic nitrogens is 2. The molecule has 1 aromatic carbocycles. The van der Waals surface area contributed by atoms with E-state index < -0.39 is 5.60 Å². The zero-order valence-electron chi connectivity index (χ0n) is 12.5. The topological polar surface area (TPSA) is 78.5 Å². The quantitative estimate of drug-likeness (QED) is 0.881. The van der Waals surface area contributed by atoms with Crippen LogP contribution in [0.25, 0.3) is 0 Å². The summed E-state index contributed by atoms with van der Waals surface area (Å²) in [5.41, 5.74) is 0.182. The smallest absolute Gasteiger partial charge is 0.272 e. The average Bonchev–Trinajstić information content (AvgIpc) is 3.09. The van der Waals surface area contributed by atoms with Crippen molar-refractivity contribution in [2.75, 3.05) is 26.3 Å². The van der Waals surface area contributed by atoms with Gasteiger partial charge in [0.25, 0.3) is 5.91 Å². The number of aliphatic hydroxyl groups excluding tert-OH is 1. The van der Waals surface area contributed by atoms with E-state index in [9.17, 15) is 14.3 Å². The van der Waals surface area contributed by atoms with Crippen molar-refractivity contribution >= 4 is 5.91 Å². The van der Waals surface area contributed by atoms with Gasteiger partial charge in [-0.1, -0.05) is 12.1 Å². The van der Waals surface area contributed by atoms with Crippen molar-refractivity contribution in [3.63, 3.8) is 0 Å². The predicted octanol–water partition coefficient (Wildman–Crippen LogP) is 0.995. The molecule has 0 bridgehead atoms. The van der Waals surface area contributed by atoms with Gasteiger partial charge in [-0.25, -0.2) is 4.39 Å². The molecule has 1 saturated heterocycles. The molecule has 0 aliphatic carbocycles. The van der Waals surface area contributed by atoms with Gasteiger partial charge in [-0.15, -0.1) is 0 Å². The lowest BCUT2D eigenvalue weighted by Crippen LogP contribution is -2.56. The summed E-state index contributed by atoms with van der Waals surface area (Å²) in [4.78, 5) is 14.0. The fourth-order valence-corrected chi connectivity index (χ4v) is 2.84. The van der Waals surface area contributed by atoms with E-state index in [2.05, 4.69) is 10.2 Å². The molecule has 122 valence electrons. The molecule has 3 rings (SSSR count). The van der Waals surface area contributed by atoms with Crippen molar-refractivity contribution in [2.45, 2.75) is 12.0 Å². The van der Waals surface area contributed by atoms with E-state index in [1.165, 1.54) is 18.3 Å². The van der Waals surface area contributed by atoms with E-state index in [0.717, 1.165) is 5.56 Å². The van der Waals surface area contributed by atoms with Gasteiger partial charge in [0.2, 0.25) is 0 Å². The molecule has 7 heteroatoms. The number of benzene rings is 1. The molecule has 23 heavy (non-hydrogen) atoms. The summed E-state index contributed by atoms with van der Waals surface area (Å²) in [6.45, 7) is 0.729. The van der Waals surface area contributed by atoms with Crippen molar-refractivity contribution in [3.05, 3.63) is 53.6 Å². The van der Waals surface area contributed by atoms with Gasteiger partial charge in [0, 0.05) is 19.2 Å². The van der Waals surface area contributed by atoms with E-state index >= 15 is 0 Å². The van der Waals surface area contributed by atoms with Crippen LogP contribution in [0.5, 0.6) is 0 Å². The van der Waals surface area contributed by atoms with E-state index in [4.69, 9.17) is 4.74 Å². The second-order valence-corrected chi connectivity index (χ2v) is 5.69. The van der Waals surface area contributed by atoms with Crippen LogP contribution in [0.1, 0.15) is 16.1 Å². The number of aliphatic hydroxyl groups is 1. The number of amides is 1. The third kappa shape index (κ3) is 3.40. The number of aromatic amines is 1. The molecule has 0 spiro atoms. The van der Waals surface area contributed by atoms with Crippen LogP contribution < -0.4 is 0 Å². The largest absolute Gasteiger partial charge is 0.393 e.